The molecule has 1 unspecified atom stereocenters. The summed E-state index contributed by atoms with van der Waals surface area (Å²) in [7, 11) is -3.22. The monoisotopic (exact) mass is 317 g/mol. The van der Waals surface area contributed by atoms with E-state index in [0.717, 1.165) is 11.8 Å². The Bertz CT molecular complexity index is 737. The van der Waals surface area contributed by atoms with Crippen molar-refractivity contribution in [2.24, 2.45) is 0 Å². The predicted molar refractivity (Wildman–Crippen MR) is 87.7 cm³/mol. The van der Waals surface area contributed by atoms with E-state index in [4.69, 9.17) is 0 Å². The fourth-order valence-electron chi connectivity index (χ4n) is 2.17. The van der Waals surface area contributed by atoms with Crippen LogP contribution in [0.5, 0.6) is 0 Å². The summed E-state index contributed by atoms with van der Waals surface area (Å²) in [6, 6.07) is 16.0. The average molecular weight is 317 g/mol. The van der Waals surface area contributed by atoms with Crippen molar-refractivity contribution in [3.8, 4) is 0 Å². The molecule has 4 nitrogen and oxygen atoms in total. The van der Waals surface area contributed by atoms with Gasteiger partial charge in [0.2, 0.25) is 5.91 Å². The molecule has 1 atom stereocenters. The van der Waals surface area contributed by atoms with E-state index in [2.05, 4.69) is 5.32 Å². The van der Waals surface area contributed by atoms with Crippen molar-refractivity contribution < 1.29 is 13.2 Å². The summed E-state index contributed by atoms with van der Waals surface area (Å²) in [4.78, 5) is 12.3. The van der Waals surface area contributed by atoms with Crippen LogP contribution in [0.25, 0.3) is 0 Å². The molecule has 0 heterocycles. The lowest BCUT2D eigenvalue weighted by molar-refractivity contribution is -0.116. The molecule has 2 aromatic carbocycles. The summed E-state index contributed by atoms with van der Waals surface area (Å²) in [5.74, 6) is 0.0277. The van der Waals surface area contributed by atoms with Crippen LogP contribution in [0.2, 0.25) is 0 Å². The first kappa shape index (κ1) is 16.2. The Labute approximate surface area is 131 Å². The van der Waals surface area contributed by atoms with Gasteiger partial charge in [-0.15, -0.1) is 0 Å². The van der Waals surface area contributed by atoms with Crippen LogP contribution in [0.1, 0.15) is 24.8 Å². The maximum atomic E-state index is 12.0. The summed E-state index contributed by atoms with van der Waals surface area (Å²) >= 11 is 0. The Morgan fingerprint density at radius 1 is 1.05 bits per heavy atom. The first-order valence-electron chi connectivity index (χ1n) is 7.01. The number of nitrogens with one attached hydrogen (secondary N) is 1. The minimum Gasteiger partial charge on any atom is -0.326 e. The van der Waals surface area contributed by atoms with Crippen LogP contribution in [0.3, 0.4) is 0 Å². The minimum atomic E-state index is -3.22. The number of benzene rings is 2. The van der Waals surface area contributed by atoms with Gasteiger partial charge >= 0.3 is 0 Å². The highest BCUT2D eigenvalue weighted by Gasteiger charge is 2.12. The van der Waals surface area contributed by atoms with E-state index in [1.54, 1.807) is 12.1 Å². The van der Waals surface area contributed by atoms with Crippen LogP contribution in [0.4, 0.5) is 5.69 Å². The molecule has 22 heavy (non-hydrogen) atoms. The van der Waals surface area contributed by atoms with E-state index in [-0.39, 0.29) is 16.7 Å². The van der Waals surface area contributed by atoms with Gasteiger partial charge in [0, 0.05) is 18.4 Å². The number of carbonyl (C=O) groups is 1. The van der Waals surface area contributed by atoms with Crippen molar-refractivity contribution in [1.29, 1.82) is 0 Å². The quantitative estimate of drug-likeness (QED) is 0.921. The molecule has 0 aliphatic rings. The molecule has 0 aromatic heterocycles. The topological polar surface area (TPSA) is 63.2 Å². The van der Waals surface area contributed by atoms with E-state index < -0.39 is 9.84 Å². The van der Waals surface area contributed by atoms with Gasteiger partial charge in [0.25, 0.3) is 0 Å². The Kier molecular flexibility index (Phi) is 4.98. The van der Waals surface area contributed by atoms with E-state index in [1.165, 1.54) is 12.1 Å². The second-order valence-electron chi connectivity index (χ2n) is 5.36. The Morgan fingerprint density at radius 3 is 2.18 bits per heavy atom. The van der Waals surface area contributed by atoms with Crippen molar-refractivity contribution in [3.05, 3.63) is 60.2 Å². The van der Waals surface area contributed by atoms with Gasteiger partial charge in [-0.3, -0.25) is 4.79 Å². The smallest absolute Gasteiger partial charge is 0.224 e. The van der Waals surface area contributed by atoms with Gasteiger partial charge in [-0.1, -0.05) is 37.3 Å². The van der Waals surface area contributed by atoms with Crippen LogP contribution in [-0.2, 0) is 14.6 Å². The lowest BCUT2D eigenvalue weighted by Gasteiger charge is -2.12. The van der Waals surface area contributed by atoms with Crippen molar-refractivity contribution in [1.82, 2.24) is 0 Å². The number of rotatable bonds is 5. The second-order valence-corrected chi connectivity index (χ2v) is 7.38. The number of hydrogen-bond acceptors (Lipinski definition) is 3. The van der Waals surface area contributed by atoms with Crippen LogP contribution in [0.15, 0.2) is 59.5 Å². The predicted octanol–water partition coefficient (Wildman–Crippen LogP) is 3.22. The summed E-state index contributed by atoms with van der Waals surface area (Å²) in [6.07, 6.45) is 1.53. The molecular formula is C17H19NO3S. The third-order valence-electron chi connectivity index (χ3n) is 3.43. The van der Waals surface area contributed by atoms with Gasteiger partial charge in [0.1, 0.15) is 0 Å². The molecule has 5 heteroatoms. The summed E-state index contributed by atoms with van der Waals surface area (Å²) in [6.45, 7) is 2.00. The van der Waals surface area contributed by atoms with Gasteiger partial charge in [0.05, 0.1) is 4.90 Å². The zero-order valence-electron chi connectivity index (χ0n) is 12.6. The lowest BCUT2D eigenvalue weighted by atomic mass is 9.97. The maximum absolute atomic E-state index is 12.0. The molecule has 2 aromatic rings. The van der Waals surface area contributed by atoms with E-state index in [0.29, 0.717) is 12.1 Å². The van der Waals surface area contributed by atoms with Crippen LogP contribution >= 0.6 is 0 Å². The molecule has 0 saturated heterocycles. The number of carbonyl (C=O) groups excluding carboxylic acids is 1. The van der Waals surface area contributed by atoms with Crippen LogP contribution in [-0.4, -0.2) is 20.6 Å². The molecule has 0 bridgehead atoms. The van der Waals surface area contributed by atoms with Crippen LogP contribution < -0.4 is 5.32 Å². The van der Waals surface area contributed by atoms with E-state index in [9.17, 15) is 13.2 Å². The molecule has 0 spiro atoms. The Balaban J connectivity index is 1.98. The third-order valence-corrected chi connectivity index (χ3v) is 4.55. The Morgan fingerprint density at radius 2 is 1.64 bits per heavy atom. The molecule has 1 amide bonds. The lowest BCUT2D eigenvalue weighted by Crippen LogP contribution is -2.14. The van der Waals surface area contributed by atoms with E-state index >= 15 is 0 Å². The van der Waals surface area contributed by atoms with Gasteiger partial charge in [-0.2, -0.15) is 0 Å². The van der Waals surface area contributed by atoms with Crippen molar-refractivity contribution in [2.45, 2.75) is 24.2 Å². The summed E-state index contributed by atoms with van der Waals surface area (Å²) in [5.41, 5.74) is 1.71. The van der Waals surface area contributed by atoms with E-state index in [1.807, 2.05) is 37.3 Å². The number of anilines is 1. The molecule has 0 aliphatic heterocycles. The van der Waals surface area contributed by atoms with Gasteiger partial charge in [-0.05, 0) is 35.7 Å². The molecule has 2 rings (SSSR count). The normalized spacial score (nSPS) is 12.6. The van der Waals surface area contributed by atoms with Gasteiger partial charge in [0.15, 0.2) is 9.84 Å². The third kappa shape index (κ3) is 4.43. The highest BCUT2D eigenvalue weighted by Crippen LogP contribution is 2.20. The molecule has 0 saturated carbocycles. The van der Waals surface area contributed by atoms with Crippen molar-refractivity contribution in [3.63, 3.8) is 0 Å². The minimum absolute atomic E-state index is 0.0940. The molecule has 0 radical (unpaired) electrons. The average Bonchev–Trinajstić information content (AvgIpc) is 2.47. The fourth-order valence-corrected chi connectivity index (χ4v) is 2.81. The number of amides is 1. The second kappa shape index (κ2) is 6.75. The first-order chi connectivity index (χ1) is 10.4. The summed E-state index contributed by atoms with van der Waals surface area (Å²) in [5, 5.41) is 2.79. The molecule has 0 fully saturated rings. The zero-order chi connectivity index (χ0) is 16.2. The largest absolute Gasteiger partial charge is 0.326 e. The SMILES string of the molecule is CC(CC(=O)Nc1ccc(S(C)(=O)=O)cc1)c1ccccc1. The van der Waals surface area contributed by atoms with Crippen molar-refractivity contribution in [2.75, 3.05) is 11.6 Å². The van der Waals surface area contributed by atoms with Gasteiger partial charge in [-0.25, -0.2) is 8.42 Å². The standard InChI is InChI=1S/C17H19NO3S/c1-13(14-6-4-3-5-7-14)12-17(19)18-15-8-10-16(11-9-15)22(2,20)21/h3-11,13H,12H2,1-2H3,(H,18,19). The molecular weight excluding hydrogens is 298 g/mol. The highest BCUT2D eigenvalue weighted by molar-refractivity contribution is 7.90. The number of hydrogen-bond donors (Lipinski definition) is 1. The first-order valence-corrected chi connectivity index (χ1v) is 8.90. The summed E-state index contributed by atoms with van der Waals surface area (Å²) < 4.78 is 22.8. The zero-order valence-corrected chi connectivity index (χ0v) is 13.4. The number of sulfone groups is 1. The molecule has 0 aliphatic carbocycles. The molecule has 116 valence electrons. The van der Waals surface area contributed by atoms with Gasteiger partial charge < -0.3 is 5.32 Å². The van der Waals surface area contributed by atoms with Crippen LogP contribution in [0, 0.1) is 0 Å². The maximum Gasteiger partial charge on any atom is 0.224 e. The Hall–Kier alpha value is -2.14. The van der Waals surface area contributed by atoms with Crippen molar-refractivity contribution >= 4 is 21.4 Å². The highest BCUT2D eigenvalue weighted by atomic mass is 32.2. The fraction of sp³-hybridized carbons (Fsp3) is 0.235. The molecule has 1 N–H and O–H groups in total.